The highest BCUT2D eigenvalue weighted by Crippen LogP contribution is 2.16. The molecular weight excluding hydrogens is 254 g/mol. The van der Waals surface area contributed by atoms with Crippen LogP contribution in [0.25, 0.3) is 0 Å². The van der Waals surface area contributed by atoms with Crippen molar-refractivity contribution in [3.63, 3.8) is 0 Å². The van der Waals surface area contributed by atoms with E-state index in [0.29, 0.717) is 17.9 Å². The Hall–Kier alpha value is -2.62. The van der Waals surface area contributed by atoms with E-state index in [1.54, 1.807) is 24.3 Å². The Morgan fingerprint density at radius 3 is 2.45 bits per heavy atom. The minimum Gasteiger partial charge on any atom is -0.489 e. The Morgan fingerprint density at radius 2 is 1.75 bits per heavy atom. The molecule has 2 N–H and O–H groups in total. The number of hydrogen-bond donors (Lipinski definition) is 1. The van der Waals surface area contributed by atoms with E-state index in [0.717, 1.165) is 5.56 Å². The van der Waals surface area contributed by atoms with Gasteiger partial charge >= 0.3 is 0 Å². The summed E-state index contributed by atoms with van der Waals surface area (Å²) in [5.74, 6) is -0.350. The summed E-state index contributed by atoms with van der Waals surface area (Å²) in [7, 11) is 0. The summed E-state index contributed by atoms with van der Waals surface area (Å²) < 4.78 is 5.62. The largest absolute Gasteiger partial charge is 0.489 e. The minimum absolute atomic E-state index is 0.290. The fourth-order valence-electron chi connectivity index (χ4n) is 1.76. The van der Waals surface area contributed by atoms with Crippen LogP contribution in [0.3, 0.4) is 0 Å². The first-order chi connectivity index (χ1) is 9.65. The number of benzene rings is 2. The average Bonchev–Trinajstić information content (AvgIpc) is 2.46. The normalized spacial score (nSPS) is 10.0. The van der Waals surface area contributed by atoms with Crippen molar-refractivity contribution in [1.82, 2.24) is 0 Å². The van der Waals surface area contributed by atoms with Gasteiger partial charge in [0.15, 0.2) is 5.78 Å². The summed E-state index contributed by atoms with van der Waals surface area (Å²) >= 11 is 0. The number of nitrogens with two attached hydrogens (primary N) is 1. The highest BCUT2D eigenvalue weighted by Gasteiger charge is 2.10. The summed E-state index contributed by atoms with van der Waals surface area (Å²) in [6.07, 6.45) is -0.290. The van der Waals surface area contributed by atoms with Gasteiger partial charge in [0.2, 0.25) is 5.91 Å². The molecule has 0 radical (unpaired) electrons. The van der Waals surface area contributed by atoms with Crippen LogP contribution in [0.15, 0.2) is 54.6 Å². The molecule has 4 nitrogen and oxygen atoms in total. The third-order valence-corrected chi connectivity index (χ3v) is 2.74. The van der Waals surface area contributed by atoms with Gasteiger partial charge in [0.05, 0.1) is 6.42 Å². The zero-order valence-electron chi connectivity index (χ0n) is 10.9. The summed E-state index contributed by atoms with van der Waals surface area (Å²) in [5.41, 5.74) is 6.48. The van der Waals surface area contributed by atoms with E-state index < -0.39 is 5.91 Å². The number of carbonyl (C=O) groups excluding carboxylic acids is 2. The summed E-state index contributed by atoms with van der Waals surface area (Å²) in [6, 6.07) is 16.5. The van der Waals surface area contributed by atoms with Gasteiger partial charge in [-0.05, 0) is 17.7 Å². The summed E-state index contributed by atoms with van der Waals surface area (Å²) in [5, 5.41) is 0. The van der Waals surface area contributed by atoms with Crippen molar-refractivity contribution in [2.45, 2.75) is 13.0 Å². The van der Waals surface area contributed by atoms with Crippen LogP contribution in [0.4, 0.5) is 0 Å². The van der Waals surface area contributed by atoms with Crippen molar-refractivity contribution in [3.05, 3.63) is 65.7 Å². The van der Waals surface area contributed by atoms with E-state index in [4.69, 9.17) is 10.5 Å². The van der Waals surface area contributed by atoms with E-state index in [2.05, 4.69) is 0 Å². The molecule has 2 rings (SSSR count). The van der Waals surface area contributed by atoms with Crippen LogP contribution < -0.4 is 10.5 Å². The molecule has 1 amide bonds. The van der Waals surface area contributed by atoms with Crippen molar-refractivity contribution in [3.8, 4) is 5.75 Å². The Bertz CT molecular complexity index is 608. The number of amides is 1. The van der Waals surface area contributed by atoms with Crippen molar-refractivity contribution in [2.75, 3.05) is 0 Å². The quantitative estimate of drug-likeness (QED) is 0.646. The zero-order chi connectivity index (χ0) is 14.4. The SMILES string of the molecule is NC(=O)CC(=O)c1cccc(OCc2ccccc2)c1. The Balaban J connectivity index is 2.02. The standard InChI is InChI=1S/C16H15NO3/c17-16(19)10-15(18)13-7-4-8-14(9-13)20-11-12-5-2-1-3-6-12/h1-9H,10-11H2,(H2,17,19). The van der Waals surface area contributed by atoms with Crippen molar-refractivity contribution in [2.24, 2.45) is 5.73 Å². The number of rotatable bonds is 6. The maximum atomic E-state index is 11.7. The lowest BCUT2D eigenvalue weighted by Crippen LogP contribution is -2.16. The van der Waals surface area contributed by atoms with Crippen LogP contribution in [-0.2, 0) is 11.4 Å². The van der Waals surface area contributed by atoms with Crippen molar-refractivity contribution < 1.29 is 14.3 Å². The van der Waals surface area contributed by atoms with Gasteiger partial charge in [0.25, 0.3) is 0 Å². The first-order valence-electron chi connectivity index (χ1n) is 6.23. The molecule has 20 heavy (non-hydrogen) atoms. The molecule has 0 unspecified atom stereocenters. The van der Waals surface area contributed by atoms with Gasteiger partial charge in [-0.15, -0.1) is 0 Å². The second kappa shape index (κ2) is 6.52. The third kappa shape index (κ3) is 3.95. The number of primary amides is 1. The van der Waals surface area contributed by atoms with Crippen LogP contribution >= 0.6 is 0 Å². The number of Topliss-reactive ketones (excluding diaryl/α,β-unsaturated/α-hetero) is 1. The summed E-state index contributed by atoms with van der Waals surface area (Å²) in [6.45, 7) is 0.425. The molecule has 0 bridgehead atoms. The fourth-order valence-corrected chi connectivity index (χ4v) is 1.76. The first-order valence-corrected chi connectivity index (χ1v) is 6.23. The van der Waals surface area contributed by atoms with Crippen LogP contribution in [-0.4, -0.2) is 11.7 Å². The maximum Gasteiger partial charge on any atom is 0.225 e. The molecule has 0 aromatic heterocycles. The number of carbonyl (C=O) groups is 2. The Morgan fingerprint density at radius 1 is 1.00 bits per heavy atom. The molecule has 0 saturated carbocycles. The lowest BCUT2D eigenvalue weighted by molar-refractivity contribution is -0.117. The molecule has 102 valence electrons. The van der Waals surface area contributed by atoms with E-state index in [1.807, 2.05) is 30.3 Å². The molecule has 2 aromatic rings. The van der Waals surface area contributed by atoms with Crippen LogP contribution in [0, 0.1) is 0 Å². The van der Waals surface area contributed by atoms with Gasteiger partial charge < -0.3 is 10.5 Å². The lowest BCUT2D eigenvalue weighted by atomic mass is 10.1. The highest BCUT2D eigenvalue weighted by atomic mass is 16.5. The van der Waals surface area contributed by atoms with E-state index in [9.17, 15) is 9.59 Å². The molecule has 2 aromatic carbocycles. The second-order valence-corrected chi connectivity index (χ2v) is 4.37. The number of ketones is 1. The van der Waals surface area contributed by atoms with E-state index >= 15 is 0 Å². The van der Waals surface area contributed by atoms with Gasteiger partial charge in [-0.1, -0.05) is 42.5 Å². The molecule has 0 saturated heterocycles. The number of ether oxygens (including phenoxy) is 1. The van der Waals surface area contributed by atoms with E-state index in [-0.39, 0.29) is 12.2 Å². The van der Waals surface area contributed by atoms with Gasteiger partial charge in [-0.2, -0.15) is 0 Å². The predicted molar refractivity (Wildman–Crippen MR) is 75.4 cm³/mol. The third-order valence-electron chi connectivity index (χ3n) is 2.74. The monoisotopic (exact) mass is 269 g/mol. The number of hydrogen-bond acceptors (Lipinski definition) is 3. The molecule has 0 heterocycles. The molecule has 0 atom stereocenters. The lowest BCUT2D eigenvalue weighted by Gasteiger charge is -2.07. The van der Waals surface area contributed by atoms with Crippen molar-refractivity contribution in [1.29, 1.82) is 0 Å². The Labute approximate surface area is 117 Å². The molecule has 0 aliphatic rings. The molecular formula is C16H15NO3. The predicted octanol–water partition coefficient (Wildman–Crippen LogP) is 2.32. The topological polar surface area (TPSA) is 69.4 Å². The maximum absolute atomic E-state index is 11.7. The van der Waals surface area contributed by atoms with Gasteiger partial charge in [-0.25, -0.2) is 0 Å². The molecule has 0 fully saturated rings. The smallest absolute Gasteiger partial charge is 0.225 e. The van der Waals surface area contributed by atoms with Gasteiger partial charge in [-0.3, -0.25) is 9.59 Å². The summed E-state index contributed by atoms with van der Waals surface area (Å²) in [4.78, 5) is 22.5. The molecule has 4 heteroatoms. The van der Waals surface area contributed by atoms with E-state index in [1.165, 1.54) is 0 Å². The van der Waals surface area contributed by atoms with Gasteiger partial charge in [0, 0.05) is 5.56 Å². The van der Waals surface area contributed by atoms with Crippen LogP contribution in [0.1, 0.15) is 22.3 Å². The molecule has 0 aliphatic heterocycles. The minimum atomic E-state index is -0.634. The van der Waals surface area contributed by atoms with Crippen molar-refractivity contribution >= 4 is 11.7 Å². The fraction of sp³-hybridized carbons (Fsp3) is 0.125. The van der Waals surface area contributed by atoms with Crippen LogP contribution in [0.2, 0.25) is 0 Å². The average molecular weight is 269 g/mol. The second-order valence-electron chi connectivity index (χ2n) is 4.37. The van der Waals surface area contributed by atoms with Gasteiger partial charge in [0.1, 0.15) is 12.4 Å². The van der Waals surface area contributed by atoms with Crippen LogP contribution in [0.5, 0.6) is 5.75 Å². The highest BCUT2D eigenvalue weighted by molar-refractivity contribution is 6.07. The first kappa shape index (κ1) is 13.8. The molecule has 0 spiro atoms. The zero-order valence-corrected chi connectivity index (χ0v) is 10.9. The Kier molecular flexibility index (Phi) is 4.50. The molecule has 0 aliphatic carbocycles.